The number of rotatable bonds is 0. The molecule has 2 heteroatoms. The molecule has 0 amide bonds. The number of allylic oxidation sites excluding steroid dienone is 2. The van der Waals surface area contributed by atoms with Crippen molar-refractivity contribution in [3.05, 3.63) is 11.4 Å². The lowest BCUT2D eigenvalue weighted by Gasteiger charge is -2.03. The highest BCUT2D eigenvalue weighted by atomic mass is 14.7. The van der Waals surface area contributed by atoms with Crippen LogP contribution in [0.3, 0.4) is 0 Å². The van der Waals surface area contributed by atoms with Gasteiger partial charge in [-0.15, -0.1) is 0 Å². The van der Waals surface area contributed by atoms with Crippen molar-refractivity contribution in [2.24, 2.45) is 11.5 Å². The van der Waals surface area contributed by atoms with E-state index >= 15 is 0 Å². The van der Waals surface area contributed by atoms with Gasteiger partial charge in [0.15, 0.2) is 0 Å². The van der Waals surface area contributed by atoms with Crippen LogP contribution >= 0.6 is 0 Å². The maximum Gasteiger partial charge on any atom is 0.0271 e. The molecule has 1 aliphatic rings. The Labute approximate surface area is 68.6 Å². The van der Waals surface area contributed by atoms with Gasteiger partial charge in [-0.25, -0.2) is 0 Å². The van der Waals surface area contributed by atoms with Crippen molar-refractivity contribution >= 4 is 0 Å². The fourth-order valence-corrected chi connectivity index (χ4v) is 1.48. The zero-order valence-corrected chi connectivity index (χ0v) is 7.10. The largest absolute Gasteiger partial charge is 0.401 e. The predicted molar refractivity (Wildman–Crippen MR) is 47.7 cm³/mol. The Hall–Kier alpha value is -0.660. The van der Waals surface area contributed by atoms with Gasteiger partial charge in [0, 0.05) is 11.4 Å². The molecule has 64 valence electrons. The van der Waals surface area contributed by atoms with Crippen LogP contribution in [0.1, 0.15) is 44.9 Å². The fraction of sp³-hybridized carbons (Fsp3) is 0.778. The highest BCUT2D eigenvalue weighted by Gasteiger charge is 2.02. The average Bonchev–Trinajstić information content (AvgIpc) is 2.07. The smallest absolute Gasteiger partial charge is 0.0271 e. The van der Waals surface area contributed by atoms with E-state index in [0.29, 0.717) is 0 Å². The standard InChI is InChI=1S/C9H18N2/c10-8-6-4-2-1-3-5-7-9(8)11/h1-7,10-11H2. The van der Waals surface area contributed by atoms with Crippen molar-refractivity contribution < 1.29 is 0 Å². The highest BCUT2D eigenvalue weighted by Crippen LogP contribution is 2.16. The quantitative estimate of drug-likeness (QED) is 0.559. The van der Waals surface area contributed by atoms with Crippen LogP contribution < -0.4 is 11.5 Å². The van der Waals surface area contributed by atoms with E-state index in [0.717, 1.165) is 24.2 Å². The van der Waals surface area contributed by atoms with Crippen molar-refractivity contribution in [1.29, 1.82) is 0 Å². The summed E-state index contributed by atoms with van der Waals surface area (Å²) >= 11 is 0. The molecule has 0 radical (unpaired) electrons. The number of nitrogens with two attached hydrogens (primary N) is 2. The molecular formula is C9H18N2. The fourth-order valence-electron chi connectivity index (χ4n) is 1.48. The molecule has 1 aliphatic carbocycles. The SMILES string of the molecule is NC1=C(N)CCCCCCC1. The lowest BCUT2D eigenvalue weighted by molar-refractivity contribution is 0.626. The molecule has 11 heavy (non-hydrogen) atoms. The molecule has 0 fully saturated rings. The summed E-state index contributed by atoms with van der Waals surface area (Å²) in [6, 6.07) is 0. The van der Waals surface area contributed by atoms with E-state index in [2.05, 4.69) is 0 Å². The molecule has 4 N–H and O–H groups in total. The predicted octanol–water partition coefficient (Wildman–Crippen LogP) is 1.86. The number of hydrogen-bond donors (Lipinski definition) is 2. The molecule has 0 heterocycles. The minimum absolute atomic E-state index is 0.937. The Morgan fingerprint density at radius 2 is 1.00 bits per heavy atom. The monoisotopic (exact) mass is 154 g/mol. The first-order valence-electron chi connectivity index (χ1n) is 4.53. The molecule has 1 rings (SSSR count). The topological polar surface area (TPSA) is 52.0 Å². The van der Waals surface area contributed by atoms with E-state index < -0.39 is 0 Å². The second-order valence-electron chi connectivity index (χ2n) is 3.32. The molecule has 0 aliphatic heterocycles. The van der Waals surface area contributed by atoms with Crippen molar-refractivity contribution in [3.63, 3.8) is 0 Å². The molecule has 0 aromatic rings. The highest BCUT2D eigenvalue weighted by molar-refractivity contribution is 5.07. The lowest BCUT2D eigenvalue weighted by Crippen LogP contribution is -2.09. The Morgan fingerprint density at radius 1 is 0.636 bits per heavy atom. The molecule has 0 spiro atoms. The van der Waals surface area contributed by atoms with E-state index in [1.54, 1.807) is 0 Å². The zero-order chi connectivity index (χ0) is 8.10. The average molecular weight is 154 g/mol. The Morgan fingerprint density at radius 3 is 1.45 bits per heavy atom. The third kappa shape index (κ3) is 2.83. The van der Waals surface area contributed by atoms with Gasteiger partial charge in [0.1, 0.15) is 0 Å². The van der Waals surface area contributed by atoms with Crippen LogP contribution in [0.15, 0.2) is 11.4 Å². The third-order valence-corrected chi connectivity index (χ3v) is 2.30. The third-order valence-electron chi connectivity index (χ3n) is 2.30. The Balaban J connectivity index is 2.47. The van der Waals surface area contributed by atoms with E-state index in [-0.39, 0.29) is 0 Å². The molecule has 0 aromatic carbocycles. The minimum Gasteiger partial charge on any atom is -0.401 e. The second-order valence-corrected chi connectivity index (χ2v) is 3.32. The molecular weight excluding hydrogens is 136 g/mol. The second kappa shape index (κ2) is 4.27. The van der Waals surface area contributed by atoms with Crippen LogP contribution in [-0.2, 0) is 0 Å². The van der Waals surface area contributed by atoms with Crippen LogP contribution in [0.4, 0.5) is 0 Å². The van der Waals surface area contributed by atoms with E-state index in [1.807, 2.05) is 0 Å². The van der Waals surface area contributed by atoms with Gasteiger partial charge < -0.3 is 11.5 Å². The van der Waals surface area contributed by atoms with Crippen LogP contribution in [-0.4, -0.2) is 0 Å². The van der Waals surface area contributed by atoms with Gasteiger partial charge in [-0.2, -0.15) is 0 Å². The molecule has 2 nitrogen and oxygen atoms in total. The van der Waals surface area contributed by atoms with Crippen molar-refractivity contribution in [2.45, 2.75) is 44.9 Å². The molecule has 0 saturated carbocycles. The normalized spacial score (nSPS) is 22.2. The zero-order valence-electron chi connectivity index (χ0n) is 7.10. The molecule has 0 unspecified atom stereocenters. The molecule has 0 saturated heterocycles. The summed E-state index contributed by atoms with van der Waals surface area (Å²) in [6.45, 7) is 0. The van der Waals surface area contributed by atoms with Gasteiger partial charge in [-0.1, -0.05) is 19.3 Å². The summed E-state index contributed by atoms with van der Waals surface area (Å²) in [6.07, 6.45) is 8.42. The van der Waals surface area contributed by atoms with Crippen LogP contribution in [0, 0.1) is 0 Å². The maximum absolute atomic E-state index is 5.77. The van der Waals surface area contributed by atoms with E-state index in [1.165, 1.54) is 32.1 Å². The van der Waals surface area contributed by atoms with Gasteiger partial charge in [0.25, 0.3) is 0 Å². The maximum atomic E-state index is 5.77. The van der Waals surface area contributed by atoms with Gasteiger partial charge in [-0.05, 0) is 25.7 Å². The van der Waals surface area contributed by atoms with Crippen molar-refractivity contribution in [3.8, 4) is 0 Å². The first-order valence-corrected chi connectivity index (χ1v) is 4.53. The van der Waals surface area contributed by atoms with Gasteiger partial charge in [0.05, 0.1) is 0 Å². The number of hydrogen-bond acceptors (Lipinski definition) is 2. The van der Waals surface area contributed by atoms with E-state index in [4.69, 9.17) is 11.5 Å². The Kier molecular flexibility index (Phi) is 3.27. The summed E-state index contributed by atoms with van der Waals surface area (Å²) in [4.78, 5) is 0. The van der Waals surface area contributed by atoms with Crippen molar-refractivity contribution in [1.82, 2.24) is 0 Å². The molecule has 0 atom stereocenters. The molecule has 0 aromatic heterocycles. The summed E-state index contributed by atoms with van der Waals surface area (Å²) in [5, 5.41) is 0. The summed E-state index contributed by atoms with van der Waals surface area (Å²) in [5.74, 6) is 0. The summed E-state index contributed by atoms with van der Waals surface area (Å²) < 4.78 is 0. The van der Waals surface area contributed by atoms with Gasteiger partial charge in [-0.3, -0.25) is 0 Å². The van der Waals surface area contributed by atoms with Gasteiger partial charge in [0.2, 0.25) is 0 Å². The first kappa shape index (κ1) is 8.44. The summed E-state index contributed by atoms with van der Waals surface area (Å²) in [5.41, 5.74) is 13.4. The first-order chi connectivity index (χ1) is 5.30. The lowest BCUT2D eigenvalue weighted by atomic mass is 10.1. The summed E-state index contributed by atoms with van der Waals surface area (Å²) in [7, 11) is 0. The minimum atomic E-state index is 0.937. The van der Waals surface area contributed by atoms with E-state index in [9.17, 15) is 0 Å². The Bertz CT molecular complexity index is 134. The van der Waals surface area contributed by atoms with Crippen LogP contribution in [0.2, 0.25) is 0 Å². The van der Waals surface area contributed by atoms with Crippen LogP contribution in [0.5, 0.6) is 0 Å². The van der Waals surface area contributed by atoms with Crippen molar-refractivity contribution in [2.75, 3.05) is 0 Å². The molecule has 0 bridgehead atoms. The van der Waals surface area contributed by atoms with Crippen LogP contribution in [0.25, 0.3) is 0 Å². The van der Waals surface area contributed by atoms with Gasteiger partial charge >= 0.3 is 0 Å².